The molecule has 0 aromatic carbocycles. The van der Waals surface area contributed by atoms with E-state index in [4.69, 9.17) is 0 Å². The van der Waals surface area contributed by atoms with E-state index < -0.39 is 0 Å². The molecule has 2 aliphatic carbocycles. The van der Waals surface area contributed by atoms with E-state index in [1.165, 1.54) is 18.9 Å². The van der Waals surface area contributed by atoms with E-state index in [1.54, 1.807) is 6.20 Å². The van der Waals surface area contributed by atoms with Gasteiger partial charge in [-0.25, -0.2) is 0 Å². The van der Waals surface area contributed by atoms with E-state index in [0.29, 0.717) is 12.0 Å². The number of aryl methyl sites for hydroxylation is 1. The summed E-state index contributed by atoms with van der Waals surface area (Å²) in [5.41, 5.74) is 0.905. The van der Waals surface area contributed by atoms with E-state index >= 15 is 0 Å². The van der Waals surface area contributed by atoms with Crippen LogP contribution in [0.25, 0.3) is 0 Å². The van der Waals surface area contributed by atoms with Crippen LogP contribution >= 0.6 is 0 Å². The summed E-state index contributed by atoms with van der Waals surface area (Å²) >= 11 is 0. The Morgan fingerprint density at radius 1 is 1.39 bits per heavy atom. The van der Waals surface area contributed by atoms with E-state index in [1.807, 2.05) is 11.8 Å². The molecule has 1 heterocycles. The number of pyridine rings is 1. The van der Waals surface area contributed by atoms with E-state index in [9.17, 15) is 9.59 Å². The molecule has 1 amide bonds. The summed E-state index contributed by atoms with van der Waals surface area (Å²) in [6.45, 7) is 2.65. The molecule has 1 aromatic rings. The SMILES string of the molecule is Cc1cc(=O)c(C(=O)N(CC2CC2)C2CC2)c[nH]1. The Hall–Kier alpha value is -1.58. The molecule has 0 spiro atoms. The number of H-pyrrole nitrogens is 1. The Kier molecular flexibility index (Phi) is 2.73. The van der Waals surface area contributed by atoms with Crippen molar-refractivity contribution in [2.24, 2.45) is 5.92 Å². The highest BCUT2D eigenvalue weighted by Gasteiger charge is 2.37. The van der Waals surface area contributed by atoms with E-state index in [2.05, 4.69) is 4.98 Å². The zero-order valence-corrected chi connectivity index (χ0v) is 10.6. The van der Waals surface area contributed by atoms with Crippen molar-refractivity contribution >= 4 is 5.91 Å². The van der Waals surface area contributed by atoms with Gasteiger partial charge in [-0.3, -0.25) is 9.59 Å². The first-order valence-corrected chi connectivity index (χ1v) is 6.65. The van der Waals surface area contributed by atoms with Crippen LogP contribution in [0.2, 0.25) is 0 Å². The molecule has 1 N–H and O–H groups in total. The van der Waals surface area contributed by atoms with Crippen LogP contribution in [0, 0.1) is 12.8 Å². The molecule has 0 radical (unpaired) electrons. The predicted octanol–water partition coefficient (Wildman–Crippen LogP) is 1.70. The summed E-state index contributed by atoms with van der Waals surface area (Å²) in [5, 5.41) is 0. The molecule has 2 aliphatic rings. The third-order valence-electron chi connectivity index (χ3n) is 3.69. The van der Waals surface area contributed by atoms with Crippen molar-refractivity contribution in [2.75, 3.05) is 6.54 Å². The molecule has 0 atom stereocenters. The quantitative estimate of drug-likeness (QED) is 0.879. The first-order chi connectivity index (χ1) is 8.65. The molecular formula is C14H18N2O2. The number of amides is 1. The molecule has 4 nitrogen and oxygen atoms in total. The maximum atomic E-state index is 12.4. The fourth-order valence-corrected chi connectivity index (χ4v) is 2.26. The Balaban J connectivity index is 1.84. The lowest BCUT2D eigenvalue weighted by atomic mass is 10.2. The second-order valence-corrected chi connectivity index (χ2v) is 5.53. The molecular weight excluding hydrogens is 228 g/mol. The zero-order valence-electron chi connectivity index (χ0n) is 10.6. The van der Waals surface area contributed by atoms with Crippen LogP contribution < -0.4 is 5.43 Å². The van der Waals surface area contributed by atoms with E-state index in [-0.39, 0.29) is 16.9 Å². The van der Waals surface area contributed by atoms with Crippen molar-refractivity contribution in [2.45, 2.75) is 38.6 Å². The summed E-state index contributed by atoms with van der Waals surface area (Å²) < 4.78 is 0. The number of nitrogens with one attached hydrogen (secondary N) is 1. The van der Waals surface area contributed by atoms with Crippen molar-refractivity contribution in [1.29, 1.82) is 0 Å². The summed E-state index contributed by atoms with van der Waals surface area (Å²) in [4.78, 5) is 29.2. The van der Waals surface area contributed by atoms with Gasteiger partial charge in [-0.1, -0.05) is 0 Å². The number of hydrogen-bond donors (Lipinski definition) is 1. The number of rotatable bonds is 4. The molecule has 96 valence electrons. The van der Waals surface area contributed by atoms with Crippen LogP contribution in [-0.4, -0.2) is 28.4 Å². The van der Waals surface area contributed by atoms with Crippen LogP contribution in [0.4, 0.5) is 0 Å². The number of nitrogens with zero attached hydrogens (tertiary/aromatic N) is 1. The first kappa shape index (κ1) is 11.5. The summed E-state index contributed by atoms with van der Waals surface area (Å²) in [5.74, 6) is 0.574. The normalized spacial score (nSPS) is 18.7. The van der Waals surface area contributed by atoms with Gasteiger partial charge < -0.3 is 9.88 Å². The first-order valence-electron chi connectivity index (χ1n) is 6.65. The molecule has 0 bridgehead atoms. The molecule has 3 rings (SSSR count). The van der Waals surface area contributed by atoms with Gasteiger partial charge in [0.1, 0.15) is 5.56 Å². The molecule has 0 unspecified atom stereocenters. The Labute approximate surface area is 106 Å². The molecule has 4 heteroatoms. The minimum absolute atomic E-state index is 0.0920. The van der Waals surface area contributed by atoms with Gasteiger partial charge in [0.05, 0.1) is 0 Å². The van der Waals surface area contributed by atoms with Gasteiger partial charge in [0.15, 0.2) is 5.43 Å². The Morgan fingerprint density at radius 3 is 2.67 bits per heavy atom. The maximum absolute atomic E-state index is 12.4. The third kappa shape index (κ3) is 2.33. The maximum Gasteiger partial charge on any atom is 0.259 e. The minimum Gasteiger partial charge on any atom is -0.364 e. The Morgan fingerprint density at radius 2 is 2.11 bits per heavy atom. The Bertz CT molecular complexity index is 527. The lowest BCUT2D eigenvalue weighted by Crippen LogP contribution is -2.37. The second kappa shape index (κ2) is 4.26. The third-order valence-corrected chi connectivity index (χ3v) is 3.69. The van der Waals surface area contributed by atoms with Crippen molar-refractivity contribution in [3.05, 3.63) is 33.7 Å². The van der Waals surface area contributed by atoms with Gasteiger partial charge >= 0.3 is 0 Å². The molecule has 0 aliphatic heterocycles. The molecule has 2 saturated carbocycles. The zero-order chi connectivity index (χ0) is 12.7. The molecule has 18 heavy (non-hydrogen) atoms. The van der Waals surface area contributed by atoms with Crippen LogP contribution in [0.15, 0.2) is 17.1 Å². The van der Waals surface area contributed by atoms with Gasteiger partial charge in [0.25, 0.3) is 5.91 Å². The van der Waals surface area contributed by atoms with Crippen LogP contribution in [0.5, 0.6) is 0 Å². The average Bonchev–Trinajstić information content (AvgIpc) is 3.18. The van der Waals surface area contributed by atoms with E-state index in [0.717, 1.165) is 25.1 Å². The van der Waals surface area contributed by atoms with Crippen molar-refractivity contribution < 1.29 is 4.79 Å². The monoisotopic (exact) mass is 246 g/mol. The van der Waals surface area contributed by atoms with Gasteiger partial charge in [0.2, 0.25) is 0 Å². The lowest BCUT2D eigenvalue weighted by Gasteiger charge is -2.22. The topological polar surface area (TPSA) is 53.2 Å². The summed E-state index contributed by atoms with van der Waals surface area (Å²) in [6, 6.07) is 1.87. The average molecular weight is 246 g/mol. The van der Waals surface area contributed by atoms with Crippen molar-refractivity contribution in [1.82, 2.24) is 9.88 Å². The lowest BCUT2D eigenvalue weighted by molar-refractivity contribution is 0.0733. The van der Waals surface area contributed by atoms with Crippen molar-refractivity contribution in [3.63, 3.8) is 0 Å². The number of carbonyl (C=O) groups is 1. The standard InChI is InChI=1S/C14H18N2O2/c1-9-6-13(17)12(7-15-9)14(18)16(11-4-5-11)8-10-2-3-10/h6-7,10-11H,2-5,8H2,1H3,(H,15,17). The fraction of sp³-hybridized carbons (Fsp3) is 0.571. The highest BCUT2D eigenvalue weighted by Crippen LogP contribution is 2.35. The molecule has 0 saturated heterocycles. The molecule has 1 aromatic heterocycles. The van der Waals surface area contributed by atoms with Gasteiger partial charge in [-0.2, -0.15) is 0 Å². The second-order valence-electron chi connectivity index (χ2n) is 5.53. The number of carbonyl (C=O) groups excluding carboxylic acids is 1. The number of aromatic amines is 1. The highest BCUT2D eigenvalue weighted by molar-refractivity contribution is 5.94. The number of hydrogen-bond acceptors (Lipinski definition) is 2. The van der Waals surface area contributed by atoms with Gasteiger partial charge in [0, 0.05) is 30.5 Å². The summed E-state index contributed by atoms with van der Waals surface area (Å²) in [6.07, 6.45) is 6.17. The molecule has 2 fully saturated rings. The highest BCUT2D eigenvalue weighted by atomic mass is 16.2. The van der Waals surface area contributed by atoms with Gasteiger partial charge in [-0.15, -0.1) is 0 Å². The predicted molar refractivity (Wildman–Crippen MR) is 68.6 cm³/mol. The van der Waals surface area contributed by atoms with Gasteiger partial charge in [-0.05, 0) is 38.5 Å². The summed E-state index contributed by atoms with van der Waals surface area (Å²) in [7, 11) is 0. The van der Waals surface area contributed by atoms with Crippen molar-refractivity contribution in [3.8, 4) is 0 Å². The van der Waals surface area contributed by atoms with Crippen LogP contribution in [0.1, 0.15) is 41.7 Å². The fourth-order valence-electron chi connectivity index (χ4n) is 2.26. The number of aromatic nitrogens is 1. The van der Waals surface area contributed by atoms with Crippen LogP contribution in [-0.2, 0) is 0 Å². The largest absolute Gasteiger partial charge is 0.364 e. The van der Waals surface area contributed by atoms with Crippen LogP contribution in [0.3, 0.4) is 0 Å². The smallest absolute Gasteiger partial charge is 0.259 e. The minimum atomic E-state index is -0.169.